The second-order valence-electron chi connectivity index (χ2n) is 5.65. The lowest BCUT2D eigenvalue weighted by atomic mass is 9.98. The molecule has 3 rings (SSSR count). The summed E-state index contributed by atoms with van der Waals surface area (Å²) in [6.07, 6.45) is 0. The van der Waals surface area contributed by atoms with Crippen molar-refractivity contribution in [2.45, 2.75) is 13.8 Å². The van der Waals surface area contributed by atoms with E-state index in [0.717, 1.165) is 22.4 Å². The molecule has 0 amide bonds. The summed E-state index contributed by atoms with van der Waals surface area (Å²) in [7, 11) is 0. The summed E-state index contributed by atoms with van der Waals surface area (Å²) < 4.78 is 5.64. The molecule has 0 aliphatic rings. The van der Waals surface area contributed by atoms with E-state index in [9.17, 15) is 5.26 Å². The lowest BCUT2D eigenvalue weighted by Crippen LogP contribution is -2.01. The summed E-state index contributed by atoms with van der Waals surface area (Å²) in [5.74, 6) is 0.355. The van der Waals surface area contributed by atoms with Crippen LogP contribution in [0.2, 0.25) is 5.02 Å². The van der Waals surface area contributed by atoms with Crippen molar-refractivity contribution < 1.29 is 4.74 Å². The lowest BCUT2D eigenvalue weighted by Gasteiger charge is -2.13. The number of rotatable bonds is 4. The van der Waals surface area contributed by atoms with Gasteiger partial charge in [-0.2, -0.15) is 5.26 Å². The van der Waals surface area contributed by atoms with Crippen molar-refractivity contribution in [3.05, 3.63) is 70.7 Å². The van der Waals surface area contributed by atoms with E-state index in [4.69, 9.17) is 16.3 Å². The molecule has 0 bridgehead atoms. The number of benzene rings is 2. The Bertz CT molecular complexity index is 926. The Morgan fingerprint density at radius 3 is 2.28 bits per heavy atom. The summed E-state index contributed by atoms with van der Waals surface area (Å²) in [5, 5.41) is 10.3. The second-order valence-corrected chi connectivity index (χ2v) is 6.09. The number of aromatic nitrogens is 1. The van der Waals surface area contributed by atoms with E-state index in [-0.39, 0.29) is 0 Å². The number of aryl methyl sites for hydroxylation is 1. The first-order chi connectivity index (χ1) is 12.1. The van der Waals surface area contributed by atoms with Crippen molar-refractivity contribution in [2.24, 2.45) is 0 Å². The Morgan fingerprint density at radius 1 is 1.04 bits per heavy atom. The van der Waals surface area contributed by atoms with Crippen molar-refractivity contribution in [3.63, 3.8) is 0 Å². The summed E-state index contributed by atoms with van der Waals surface area (Å²) in [4.78, 5) is 4.55. The SMILES string of the molecule is CCOc1nc(-c2ccc(Cl)cc2)cc(-c2ccc(C)cc2)c1C#N. The van der Waals surface area contributed by atoms with Crippen LogP contribution in [-0.4, -0.2) is 11.6 Å². The van der Waals surface area contributed by atoms with E-state index in [1.165, 1.54) is 5.56 Å². The second kappa shape index (κ2) is 7.38. The van der Waals surface area contributed by atoms with Gasteiger partial charge in [-0.15, -0.1) is 0 Å². The van der Waals surface area contributed by atoms with Gasteiger partial charge < -0.3 is 4.74 Å². The highest BCUT2D eigenvalue weighted by molar-refractivity contribution is 6.30. The van der Waals surface area contributed by atoms with Crippen LogP contribution in [-0.2, 0) is 0 Å². The normalized spacial score (nSPS) is 10.3. The predicted octanol–water partition coefficient (Wildman–Crippen LogP) is 5.65. The average molecular weight is 349 g/mol. The minimum absolute atomic E-state index is 0.355. The monoisotopic (exact) mass is 348 g/mol. The predicted molar refractivity (Wildman–Crippen MR) is 101 cm³/mol. The minimum atomic E-state index is 0.355. The highest BCUT2D eigenvalue weighted by atomic mass is 35.5. The van der Waals surface area contributed by atoms with Gasteiger partial charge in [0.1, 0.15) is 11.6 Å². The standard InChI is InChI=1S/C21H17ClN2O/c1-3-25-21-19(13-23)18(15-6-4-14(2)5-7-15)12-20(24-21)16-8-10-17(22)11-9-16/h4-12H,3H2,1-2H3. The average Bonchev–Trinajstić information content (AvgIpc) is 2.62. The number of pyridine rings is 1. The molecular formula is C21H17ClN2O. The van der Waals surface area contributed by atoms with Gasteiger partial charge in [-0.25, -0.2) is 4.98 Å². The molecule has 0 aliphatic carbocycles. The molecule has 0 fully saturated rings. The smallest absolute Gasteiger partial charge is 0.232 e. The molecule has 0 saturated carbocycles. The largest absolute Gasteiger partial charge is 0.477 e. The van der Waals surface area contributed by atoms with Gasteiger partial charge in [0.25, 0.3) is 0 Å². The molecule has 124 valence electrons. The molecule has 0 N–H and O–H groups in total. The molecule has 3 aromatic rings. The molecule has 2 aromatic carbocycles. The van der Waals surface area contributed by atoms with Crippen molar-refractivity contribution in [1.29, 1.82) is 5.26 Å². The summed E-state index contributed by atoms with van der Waals surface area (Å²) in [5.41, 5.74) is 5.05. The summed E-state index contributed by atoms with van der Waals surface area (Å²) >= 11 is 5.98. The lowest BCUT2D eigenvalue weighted by molar-refractivity contribution is 0.326. The molecular weight excluding hydrogens is 332 g/mol. The molecule has 0 radical (unpaired) electrons. The molecule has 0 spiro atoms. The van der Waals surface area contributed by atoms with Crippen LogP contribution >= 0.6 is 11.6 Å². The van der Waals surface area contributed by atoms with E-state index >= 15 is 0 Å². The molecule has 25 heavy (non-hydrogen) atoms. The van der Waals surface area contributed by atoms with Gasteiger partial charge in [-0.3, -0.25) is 0 Å². The van der Waals surface area contributed by atoms with Crippen molar-refractivity contribution in [2.75, 3.05) is 6.61 Å². The molecule has 1 heterocycles. The number of halogens is 1. The molecule has 1 aromatic heterocycles. The Labute approximate surface area is 152 Å². The van der Waals surface area contributed by atoms with Gasteiger partial charge in [-0.1, -0.05) is 53.6 Å². The van der Waals surface area contributed by atoms with Crippen LogP contribution in [0, 0.1) is 18.3 Å². The molecule has 0 saturated heterocycles. The maximum Gasteiger partial charge on any atom is 0.232 e. The Morgan fingerprint density at radius 2 is 1.68 bits per heavy atom. The van der Waals surface area contributed by atoms with E-state index in [1.807, 2.05) is 68.4 Å². The van der Waals surface area contributed by atoms with Crippen molar-refractivity contribution in [1.82, 2.24) is 4.98 Å². The number of nitrogens with zero attached hydrogens (tertiary/aromatic N) is 2. The Kier molecular flexibility index (Phi) is 5.02. The first-order valence-corrected chi connectivity index (χ1v) is 8.41. The van der Waals surface area contributed by atoms with Gasteiger partial charge in [0.15, 0.2) is 0 Å². The zero-order chi connectivity index (χ0) is 17.8. The van der Waals surface area contributed by atoms with E-state index < -0.39 is 0 Å². The van der Waals surface area contributed by atoms with Crippen LogP contribution in [0.15, 0.2) is 54.6 Å². The molecule has 3 nitrogen and oxygen atoms in total. The maximum atomic E-state index is 9.65. The molecule has 0 unspecified atom stereocenters. The fourth-order valence-electron chi connectivity index (χ4n) is 2.60. The molecule has 4 heteroatoms. The van der Waals surface area contributed by atoms with Crippen LogP contribution in [0.5, 0.6) is 5.88 Å². The van der Waals surface area contributed by atoms with Gasteiger partial charge in [0, 0.05) is 16.1 Å². The van der Waals surface area contributed by atoms with Gasteiger partial charge in [0.05, 0.1) is 12.3 Å². The van der Waals surface area contributed by atoms with Crippen LogP contribution < -0.4 is 4.74 Å². The van der Waals surface area contributed by atoms with E-state index in [2.05, 4.69) is 11.1 Å². The Hall–Kier alpha value is -2.83. The number of hydrogen-bond acceptors (Lipinski definition) is 3. The van der Waals surface area contributed by atoms with Gasteiger partial charge in [0.2, 0.25) is 5.88 Å². The number of nitriles is 1. The topological polar surface area (TPSA) is 45.9 Å². The molecule has 0 atom stereocenters. The van der Waals surface area contributed by atoms with Crippen LogP contribution in [0.1, 0.15) is 18.1 Å². The minimum Gasteiger partial charge on any atom is -0.477 e. The summed E-state index contributed by atoms with van der Waals surface area (Å²) in [6.45, 7) is 4.36. The van der Waals surface area contributed by atoms with Crippen molar-refractivity contribution in [3.8, 4) is 34.3 Å². The Balaban J connectivity index is 2.22. The zero-order valence-corrected chi connectivity index (χ0v) is 14.8. The first kappa shape index (κ1) is 17.0. The van der Waals surface area contributed by atoms with Gasteiger partial charge >= 0.3 is 0 Å². The van der Waals surface area contributed by atoms with E-state index in [1.54, 1.807) is 0 Å². The van der Waals surface area contributed by atoms with Crippen LogP contribution in [0.3, 0.4) is 0 Å². The zero-order valence-electron chi connectivity index (χ0n) is 14.1. The van der Waals surface area contributed by atoms with Crippen LogP contribution in [0.25, 0.3) is 22.4 Å². The van der Waals surface area contributed by atoms with Crippen molar-refractivity contribution >= 4 is 11.6 Å². The highest BCUT2D eigenvalue weighted by Crippen LogP contribution is 2.33. The summed E-state index contributed by atoms with van der Waals surface area (Å²) in [6, 6.07) is 19.7. The third-order valence-electron chi connectivity index (χ3n) is 3.88. The van der Waals surface area contributed by atoms with E-state index in [0.29, 0.717) is 23.1 Å². The maximum absolute atomic E-state index is 9.65. The third kappa shape index (κ3) is 3.65. The third-order valence-corrected chi connectivity index (χ3v) is 4.13. The van der Waals surface area contributed by atoms with Crippen LogP contribution in [0.4, 0.5) is 0 Å². The first-order valence-electron chi connectivity index (χ1n) is 8.03. The number of ether oxygens (including phenoxy) is 1. The fourth-order valence-corrected chi connectivity index (χ4v) is 2.73. The van der Waals surface area contributed by atoms with Gasteiger partial charge in [-0.05, 0) is 37.6 Å². The molecule has 0 aliphatic heterocycles. The number of hydrogen-bond donors (Lipinski definition) is 0. The quantitative estimate of drug-likeness (QED) is 0.612. The fraction of sp³-hybridized carbons (Fsp3) is 0.143. The highest BCUT2D eigenvalue weighted by Gasteiger charge is 2.16.